The molecule has 0 spiro atoms. The molecule has 0 atom stereocenters. The van der Waals surface area contributed by atoms with Crippen molar-refractivity contribution in [1.82, 2.24) is 10.9 Å². The minimum absolute atomic E-state index is 1.28. The van der Waals surface area contributed by atoms with Crippen molar-refractivity contribution in [1.29, 1.82) is 0 Å². The van der Waals surface area contributed by atoms with Gasteiger partial charge in [-0.3, -0.25) is 0 Å². The van der Waals surface area contributed by atoms with Crippen LogP contribution in [0.5, 0.6) is 0 Å². The first-order valence-electron chi connectivity index (χ1n) is 2.65. The first-order chi connectivity index (χ1) is 3.80. The lowest BCUT2D eigenvalue weighted by atomic mass is 10.1. The SMILES string of the molecule is CC1=CNNC=C1C. The summed E-state index contributed by atoms with van der Waals surface area (Å²) in [7, 11) is 0. The van der Waals surface area contributed by atoms with Gasteiger partial charge in [-0.25, -0.2) is 0 Å². The van der Waals surface area contributed by atoms with Gasteiger partial charge in [0.1, 0.15) is 0 Å². The van der Waals surface area contributed by atoms with Crippen molar-refractivity contribution in [3.05, 3.63) is 23.5 Å². The molecular formula is C6H10N2. The molecule has 0 amide bonds. The topological polar surface area (TPSA) is 24.1 Å². The Bertz CT molecular complexity index is 127. The maximum atomic E-state index is 2.88. The number of allylic oxidation sites excluding steroid dienone is 2. The number of rotatable bonds is 0. The van der Waals surface area contributed by atoms with Gasteiger partial charge >= 0.3 is 0 Å². The fraction of sp³-hybridized carbons (Fsp3) is 0.333. The smallest absolute Gasteiger partial charge is 0.0210 e. The van der Waals surface area contributed by atoms with Gasteiger partial charge in [-0.2, -0.15) is 0 Å². The van der Waals surface area contributed by atoms with E-state index in [1.165, 1.54) is 11.1 Å². The van der Waals surface area contributed by atoms with Crippen LogP contribution in [0.15, 0.2) is 23.5 Å². The van der Waals surface area contributed by atoms with E-state index >= 15 is 0 Å². The summed E-state index contributed by atoms with van der Waals surface area (Å²) in [5.41, 5.74) is 8.32. The van der Waals surface area contributed by atoms with Crippen LogP contribution in [0.1, 0.15) is 13.8 Å². The van der Waals surface area contributed by atoms with E-state index < -0.39 is 0 Å². The lowest BCUT2D eigenvalue weighted by molar-refractivity contribution is 0.748. The molecule has 0 radical (unpaired) electrons. The summed E-state index contributed by atoms with van der Waals surface area (Å²) in [5.74, 6) is 0. The van der Waals surface area contributed by atoms with Gasteiger partial charge in [-0.1, -0.05) is 0 Å². The zero-order chi connectivity index (χ0) is 5.98. The number of hydrazine groups is 1. The number of hydrogen-bond donors (Lipinski definition) is 2. The largest absolute Gasteiger partial charge is 0.308 e. The molecule has 8 heavy (non-hydrogen) atoms. The molecule has 1 aliphatic heterocycles. The van der Waals surface area contributed by atoms with Gasteiger partial charge in [0.25, 0.3) is 0 Å². The van der Waals surface area contributed by atoms with Crippen LogP contribution >= 0.6 is 0 Å². The Hall–Kier alpha value is -0.920. The van der Waals surface area contributed by atoms with E-state index in [-0.39, 0.29) is 0 Å². The molecule has 0 saturated carbocycles. The lowest BCUT2D eigenvalue weighted by Gasteiger charge is -2.10. The Labute approximate surface area is 49.2 Å². The molecule has 2 nitrogen and oxygen atoms in total. The van der Waals surface area contributed by atoms with Gasteiger partial charge in [0.2, 0.25) is 0 Å². The Kier molecular flexibility index (Phi) is 1.24. The van der Waals surface area contributed by atoms with Crippen LogP contribution in [-0.4, -0.2) is 0 Å². The first kappa shape index (κ1) is 5.22. The normalized spacial score (nSPS) is 17.8. The van der Waals surface area contributed by atoms with Crippen molar-refractivity contribution in [2.75, 3.05) is 0 Å². The van der Waals surface area contributed by atoms with E-state index in [1.807, 2.05) is 12.4 Å². The van der Waals surface area contributed by atoms with Crippen molar-refractivity contribution in [3.63, 3.8) is 0 Å². The summed E-state index contributed by atoms with van der Waals surface area (Å²) in [6, 6.07) is 0. The van der Waals surface area contributed by atoms with Crippen molar-refractivity contribution in [2.24, 2.45) is 0 Å². The molecule has 1 heterocycles. The highest BCUT2D eigenvalue weighted by Gasteiger charge is 1.94. The molecule has 0 aliphatic carbocycles. The van der Waals surface area contributed by atoms with Crippen molar-refractivity contribution in [2.45, 2.75) is 13.8 Å². The van der Waals surface area contributed by atoms with Gasteiger partial charge in [-0.15, -0.1) is 0 Å². The second-order valence-electron chi connectivity index (χ2n) is 1.94. The summed E-state index contributed by atoms with van der Waals surface area (Å²) in [4.78, 5) is 0. The molecule has 2 heteroatoms. The molecule has 0 aromatic heterocycles. The lowest BCUT2D eigenvalue weighted by Crippen LogP contribution is -2.24. The van der Waals surface area contributed by atoms with E-state index in [9.17, 15) is 0 Å². The monoisotopic (exact) mass is 110 g/mol. The average molecular weight is 110 g/mol. The third-order valence-electron chi connectivity index (χ3n) is 1.28. The van der Waals surface area contributed by atoms with Crippen LogP contribution in [0.3, 0.4) is 0 Å². The zero-order valence-electron chi connectivity index (χ0n) is 5.15. The van der Waals surface area contributed by atoms with Gasteiger partial charge < -0.3 is 10.9 Å². The Morgan fingerprint density at radius 3 is 1.62 bits per heavy atom. The number of nitrogens with one attached hydrogen (secondary N) is 2. The molecule has 0 saturated heterocycles. The highest BCUT2D eigenvalue weighted by atomic mass is 15.3. The molecule has 44 valence electrons. The highest BCUT2D eigenvalue weighted by Crippen LogP contribution is 2.06. The van der Waals surface area contributed by atoms with E-state index in [1.54, 1.807) is 0 Å². The summed E-state index contributed by atoms with van der Waals surface area (Å²) in [6.07, 6.45) is 3.88. The van der Waals surface area contributed by atoms with Crippen LogP contribution < -0.4 is 10.9 Å². The Morgan fingerprint density at radius 2 is 1.38 bits per heavy atom. The van der Waals surface area contributed by atoms with E-state index in [0.717, 1.165) is 0 Å². The molecule has 0 bridgehead atoms. The summed E-state index contributed by atoms with van der Waals surface area (Å²) in [5, 5.41) is 0. The molecule has 1 aliphatic rings. The Balaban J connectivity index is 2.73. The second kappa shape index (κ2) is 1.90. The predicted molar refractivity (Wildman–Crippen MR) is 33.8 cm³/mol. The van der Waals surface area contributed by atoms with Gasteiger partial charge in [0, 0.05) is 12.4 Å². The van der Waals surface area contributed by atoms with Gasteiger partial charge in [-0.05, 0) is 25.0 Å². The molecule has 0 unspecified atom stereocenters. The van der Waals surface area contributed by atoms with E-state index in [0.29, 0.717) is 0 Å². The minimum atomic E-state index is 1.28. The third kappa shape index (κ3) is 0.832. The highest BCUT2D eigenvalue weighted by molar-refractivity contribution is 5.27. The summed E-state index contributed by atoms with van der Waals surface area (Å²) in [6.45, 7) is 4.14. The van der Waals surface area contributed by atoms with E-state index in [2.05, 4.69) is 24.7 Å². The summed E-state index contributed by atoms with van der Waals surface area (Å²) >= 11 is 0. The maximum absolute atomic E-state index is 2.88. The second-order valence-corrected chi connectivity index (χ2v) is 1.94. The predicted octanol–water partition coefficient (Wildman–Crippen LogP) is 0.902. The standard InChI is InChI=1S/C6H10N2/c1-5-3-7-8-4-6(5)2/h3-4,7-8H,1-2H3. The maximum Gasteiger partial charge on any atom is 0.0210 e. The average Bonchev–Trinajstić information content (AvgIpc) is 1.77. The van der Waals surface area contributed by atoms with Gasteiger partial charge in [0.05, 0.1) is 0 Å². The first-order valence-corrected chi connectivity index (χ1v) is 2.65. The summed E-state index contributed by atoms with van der Waals surface area (Å²) < 4.78 is 0. The van der Waals surface area contributed by atoms with Crippen molar-refractivity contribution in [3.8, 4) is 0 Å². The fourth-order valence-corrected chi connectivity index (χ4v) is 0.528. The Morgan fingerprint density at radius 1 is 1.00 bits per heavy atom. The van der Waals surface area contributed by atoms with E-state index in [4.69, 9.17) is 0 Å². The quantitative estimate of drug-likeness (QED) is 0.484. The minimum Gasteiger partial charge on any atom is -0.308 e. The van der Waals surface area contributed by atoms with Crippen LogP contribution in [0.4, 0.5) is 0 Å². The molecule has 2 N–H and O–H groups in total. The van der Waals surface area contributed by atoms with Crippen LogP contribution in [0.25, 0.3) is 0 Å². The fourth-order valence-electron chi connectivity index (χ4n) is 0.528. The van der Waals surface area contributed by atoms with Crippen LogP contribution in [-0.2, 0) is 0 Å². The van der Waals surface area contributed by atoms with Crippen LogP contribution in [0.2, 0.25) is 0 Å². The molecule has 0 aromatic carbocycles. The van der Waals surface area contributed by atoms with Gasteiger partial charge in [0.15, 0.2) is 0 Å². The third-order valence-corrected chi connectivity index (χ3v) is 1.28. The molecule has 0 fully saturated rings. The number of hydrogen-bond acceptors (Lipinski definition) is 2. The van der Waals surface area contributed by atoms with Crippen molar-refractivity contribution >= 4 is 0 Å². The van der Waals surface area contributed by atoms with Crippen molar-refractivity contribution < 1.29 is 0 Å². The molecule has 1 rings (SSSR count). The molecular weight excluding hydrogens is 100 g/mol. The van der Waals surface area contributed by atoms with Crippen LogP contribution in [0, 0.1) is 0 Å². The zero-order valence-corrected chi connectivity index (χ0v) is 5.15. The molecule has 0 aromatic rings.